The van der Waals surface area contributed by atoms with Crippen LogP contribution in [0.25, 0.3) is 0 Å². The molecule has 2 aromatic carbocycles. The summed E-state index contributed by atoms with van der Waals surface area (Å²) in [5.41, 5.74) is 1.75. The third-order valence-corrected chi connectivity index (χ3v) is 5.10. The summed E-state index contributed by atoms with van der Waals surface area (Å²) >= 11 is 1.26. The van der Waals surface area contributed by atoms with E-state index in [1.807, 2.05) is 30.3 Å². The molecule has 24 heavy (non-hydrogen) atoms. The maximum absolute atomic E-state index is 13.0. The van der Waals surface area contributed by atoms with Crippen molar-refractivity contribution < 1.29 is 13.6 Å². The van der Waals surface area contributed by atoms with Crippen LogP contribution in [0.3, 0.4) is 0 Å². The van der Waals surface area contributed by atoms with Crippen LogP contribution >= 0.6 is 11.3 Å². The smallest absolute Gasteiger partial charge is 0.279 e. The van der Waals surface area contributed by atoms with Gasteiger partial charge in [-0.05, 0) is 35.7 Å². The number of ketones is 1. The minimum Gasteiger partial charge on any atom is -0.434 e. The molecule has 1 unspecified atom stereocenters. The number of rotatable bonds is 2. The molecular weight excluding hydrogens is 325 g/mol. The maximum Gasteiger partial charge on any atom is 0.279 e. The summed E-state index contributed by atoms with van der Waals surface area (Å²) in [6, 6.07) is 15.9. The molecule has 0 bridgehead atoms. The first-order valence-corrected chi connectivity index (χ1v) is 8.52. The number of carbonyl (C=O) groups excluding carboxylic acids is 1. The van der Waals surface area contributed by atoms with Crippen molar-refractivity contribution in [2.45, 2.75) is 18.8 Å². The fourth-order valence-corrected chi connectivity index (χ4v) is 3.81. The van der Waals surface area contributed by atoms with Crippen molar-refractivity contribution in [3.8, 4) is 0 Å². The van der Waals surface area contributed by atoms with E-state index in [2.05, 4.69) is 4.99 Å². The second kappa shape index (κ2) is 6.17. The van der Waals surface area contributed by atoms with Gasteiger partial charge in [-0.2, -0.15) is 0 Å². The quantitative estimate of drug-likeness (QED) is 0.683. The highest BCUT2D eigenvalue weighted by atomic mass is 32.1. The summed E-state index contributed by atoms with van der Waals surface area (Å²) in [5, 5.41) is 0. The summed E-state index contributed by atoms with van der Waals surface area (Å²) < 4.78 is 18.8. The molecule has 0 N–H and O–H groups in total. The number of fused-ring (bicyclic) bond motifs is 1. The molecule has 0 fully saturated rings. The fraction of sp³-hybridized carbons (Fsp3) is 0.158. The van der Waals surface area contributed by atoms with Gasteiger partial charge in [-0.1, -0.05) is 41.7 Å². The zero-order valence-corrected chi connectivity index (χ0v) is 13.6. The van der Waals surface area contributed by atoms with Gasteiger partial charge in [0.25, 0.3) is 4.87 Å². The Hall–Kier alpha value is -2.53. The second-order valence-electron chi connectivity index (χ2n) is 5.75. The first-order chi connectivity index (χ1) is 11.7. The minimum absolute atomic E-state index is 0.0967. The highest BCUT2D eigenvalue weighted by molar-refractivity contribution is 7.11. The van der Waals surface area contributed by atoms with Crippen LogP contribution in [-0.4, -0.2) is 5.78 Å². The lowest BCUT2D eigenvalue weighted by Crippen LogP contribution is -2.16. The highest BCUT2D eigenvalue weighted by Gasteiger charge is 2.30. The van der Waals surface area contributed by atoms with E-state index in [-0.39, 0.29) is 17.5 Å². The van der Waals surface area contributed by atoms with Gasteiger partial charge in [0.15, 0.2) is 5.78 Å². The topological polar surface area (TPSA) is 42.6 Å². The van der Waals surface area contributed by atoms with E-state index in [0.717, 1.165) is 5.56 Å². The Labute approximate surface area is 142 Å². The normalized spacial score (nSPS) is 17.8. The molecule has 0 radical (unpaired) electrons. The zero-order chi connectivity index (χ0) is 16.5. The molecule has 3 nitrogen and oxygen atoms in total. The van der Waals surface area contributed by atoms with Crippen molar-refractivity contribution in [2.24, 2.45) is 4.99 Å². The third kappa shape index (κ3) is 2.95. The Morgan fingerprint density at radius 2 is 1.79 bits per heavy atom. The summed E-state index contributed by atoms with van der Waals surface area (Å²) in [5.74, 6) is 0.630. The standard InChI is InChI=1S/C19H14FNO2S/c20-14-6-8-15(9-7-14)21-19-23-17-11-13(10-16(22)18(17)24-19)12-4-2-1-3-5-12/h1-9,13H,10-11H2. The van der Waals surface area contributed by atoms with Crippen LogP contribution in [0.15, 0.2) is 64.0 Å². The van der Waals surface area contributed by atoms with Gasteiger partial charge in [-0.25, -0.2) is 9.38 Å². The van der Waals surface area contributed by atoms with Crippen LogP contribution in [0.2, 0.25) is 0 Å². The van der Waals surface area contributed by atoms with E-state index >= 15 is 0 Å². The van der Waals surface area contributed by atoms with Crippen molar-refractivity contribution >= 4 is 22.8 Å². The Morgan fingerprint density at radius 3 is 2.54 bits per heavy atom. The molecule has 120 valence electrons. The van der Waals surface area contributed by atoms with Crippen molar-refractivity contribution in [2.75, 3.05) is 0 Å². The van der Waals surface area contributed by atoms with Crippen molar-refractivity contribution in [1.82, 2.24) is 0 Å². The monoisotopic (exact) mass is 339 g/mol. The highest BCUT2D eigenvalue weighted by Crippen LogP contribution is 2.33. The van der Waals surface area contributed by atoms with Gasteiger partial charge in [0.2, 0.25) is 0 Å². The van der Waals surface area contributed by atoms with Gasteiger partial charge >= 0.3 is 0 Å². The number of hydrogen-bond acceptors (Lipinski definition) is 4. The van der Waals surface area contributed by atoms with Gasteiger partial charge in [0, 0.05) is 12.8 Å². The van der Waals surface area contributed by atoms with Crippen molar-refractivity contribution in [3.63, 3.8) is 0 Å². The largest absolute Gasteiger partial charge is 0.434 e. The van der Waals surface area contributed by atoms with Crippen LogP contribution in [-0.2, 0) is 6.42 Å². The van der Waals surface area contributed by atoms with Crippen LogP contribution < -0.4 is 4.87 Å². The lowest BCUT2D eigenvalue weighted by atomic mass is 9.85. The van der Waals surface area contributed by atoms with E-state index in [0.29, 0.717) is 34.0 Å². The Bertz CT molecular complexity index is 942. The van der Waals surface area contributed by atoms with Gasteiger partial charge in [0.1, 0.15) is 16.5 Å². The van der Waals surface area contributed by atoms with E-state index in [9.17, 15) is 9.18 Å². The van der Waals surface area contributed by atoms with Crippen molar-refractivity contribution in [3.05, 3.63) is 81.5 Å². The second-order valence-corrected chi connectivity index (χ2v) is 6.71. The number of hydrogen-bond donors (Lipinski definition) is 0. The van der Waals surface area contributed by atoms with Crippen LogP contribution in [0, 0.1) is 5.82 Å². The first kappa shape index (κ1) is 15.0. The number of benzene rings is 2. The average Bonchev–Trinajstić information content (AvgIpc) is 3.01. The molecule has 0 aliphatic heterocycles. The third-order valence-electron chi connectivity index (χ3n) is 4.09. The molecule has 3 aromatic rings. The molecule has 1 atom stereocenters. The maximum atomic E-state index is 13.0. The number of Topliss-reactive ketones (excluding diaryl/α,β-unsaturated/α-hetero) is 1. The predicted molar refractivity (Wildman–Crippen MR) is 90.0 cm³/mol. The molecule has 1 aliphatic rings. The summed E-state index contributed by atoms with van der Waals surface area (Å²) in [6.45, 7) is 0. The Balaban J connectivity index is 1.67. The molecule has 0 amide bonds. The molecular formula is C19H14FNO2S. The number of carbonyl (C=O) groups is 1. The van der Waals surface area contributed by atoms with Gasteiger partial charge in [-0.15, -0.1) is 0 Å². The molecule has 1 aliphatic carbocycles. The Kier molecular flexibility index (Phi) is 3.86. The minimum atomic E-state index is -0.308. The van der Waals surface area contributed by atoms with E-state index < -0.39 is 0 Å². The Morgan fingerprint density at radius 1 is 1.04 bits per heavy atom. The number of nitrogens with zero attached hydrogens (tertiary/aromatic N) is 1. The molecule has 0 saturated carbocycles. The summed E-state index contributed by atoms with van der Waals surface area (Å²) in [6.07, 6.45) is 1.18. The zero-order valence-electron chi connectivity index (χ0n) is 12.7. The molecule has 1 heterocycles. The molecule has 0 saturated heterocycles. The van der Waals surface area contributed by atoms with E-state index in [4.69, 9.17) is 4.42 Å². The molecule has 4 rings (SSSR count). The van der Waals surface area contributed by atoms with Crippen LogP contribution in [0.5, 0.6) is 0 Å². The average molecular weight is 339 g/mol. The lowest BCUT2D eigenvalue weighted by Gasteiger charge is -2.19. The van der Waals surface area contributed by atoms with Crippen LogP contribution in [0.4, 0.5) is 10.1 Å². The molecule has 5 heteroatoms. The summed E-state index contributed by atoms with van der Waals surface area (Å²) in [7, 11) is 0. The van der Waals surface area contributed by atoms with E-state index in [1.165, 1.54) is 23.5 Å². The number of halogens is 1. The summed E-state index contributed by atoms with van der Waals surface area (Å²) in [4.78, 5) is 17.9. The van der Waals surface area contributed by atoms with Gasteiger partial charge in [-0.3, -0.25) is 4.79 Å². The first-order valence-electron chi connectivity index (χ1n) is 7.70. The van der Waals surface area contributed by atoms with Gasteiger partial charge < -0.3 is 4.42 Å². The lowest BCUT2D eigenvalue weighted by molar-refractivity contribution is 0.0963. The fourth-order valence-electron chi connectivity index (χ4n) is 2.90. The van der Waals surface area contributed by atoms with Crippen molar-refractivity contribution in [1.29, 1.82) is 0 Å². The predicted octanol–water partition coefficient (Wildman–Crippen LogP) is 4.63. The van der Waals surface area contributed by atoms with Crippen LogP contribution in [0.1, 0.15) is 33.3 Å². The molecule has 0 spiro atoms. The van der Waals surface area contributed by atoms with Gasteiger partial charge in [0.05, 0.1) is 5.69 Å². The van der Waals surface area contributed by atoms with E-state index in [1.54, 1.807) is 12.1 Å². The molecule has 1 aromatic heterocycles. The SMILES string of the molecule is O=C1CC(c2ccccc2)Cc2oc(=Nc3ccc(F)cc3)sc21.